The number of alkyl halides is 2. The summed E-state index contributed by atoms with van der Waals surface area (Å²) in [6.07, 6.45) is 2.72. The number of halogens is 2. The fourth-order valence-corrected chi connectivity index (χ4v) is 1.93. The van der Waals surface area contributed by atoms with Crippen LogP contribution in [0.2, 0.25) is 0 Å². The minimum absolute atomic E-state index is 0.168. The van der Waals surface area contributed by atoms with Crippen molar-refractivity contribution in [1.29, 1.82) is 0 Å². The van der Waals surface area contributed by atoms with Crippen molar-refractivity contribution in [2.45, 2.75) is 24.2 Å². The lowest BCUT2D eigenvalue weighted by molar-refractivity contribution is -0.124. The van der Waals surface area contributed by atoms with E-state index >= 15 is 0 Å². The Hall–Kier alpha value is -0.970. The van der Waals surface area contributed by atoms with Crippen molar-refractivity contribution in [3.63, 3.8) is 0 Å². The second kappa shape index (κ2) is 2.51. The van der Waals surface area contributed by atoms with Gasteiger partial charge in [-0.1, -0.05) is 0 Å². The number of nitrogens with one attached hydrogen (secondary N) is 1. The normalized spacial score (nSPS) is 23.9. The molecule has 1 aliphatic rings. The maximum Gasteiger partial charge on any atom is 0.250 e. The van der Waals surface area contributed by atoms with Crippen LogP contribution in [0, 0.1) is 0 Å². The molecular formula is C8H11F2N3. The van der Waals surface area contributed by atoms with Gasteiger partial charge in [-0.25, -0.2) is 13.8 Å². The van der Waals surface area contributed by atoms with Crippen LogP contribution in [0.25, 0.3) is 0 Å². The minimum atomic E-state index is -2.55. The topological polar surface area (TPSA) is 54.7 Å². The summed E-state index contributed by atoms with van der Waals surface area (Å²) in [4.78, 5) is 6.65. The maximum absolute atomic E-state index is 12.7. The molecule has 13 heavy (non-hydrogen) atoms. The molecule has 1 aromatic rings. The highest BCUT2D eigenvalue weighted by Gasteiger charge is 2.57. The van der Waals surface area contributed by atoms with Crippen LogP contribution >= 0.6 is 0 Å². The van der Waals surface area contributed by atoms with E-state index in [1.807, 2.05) is 0 Å². The molecule has 0 aromatic carbocycles. The van der Waals surface area contributed by atoms with E-state index in [4.69, 9.17) is 5.73 Å². The van der Waals surface area contributed by atoms with E-state index in [9.17, 15) is 8.78 Å². The van der Waals surface area contributed by atoms with Gasteiger partial charge in [-0.2, -0.15) is 0 Å². The molecule has 1 saturated carbocycles. The molecule has 0 spiro atoms. The highest BCUT2D eigenvalue weighted by Crippen LogP contribution is 2.52. The zero-order valence-corrected chi connectivity index (χ0v) is 7.06. The molecule has 2 rings (SSSR count). The summed E-state index contributed by atoms with van der Waals surface area (Å²) < 4.78 is 25.4. The van der Waals surface area contributed by atoms with Gasteiger partial charge in [0.05, 0.1) is 6.33 Å². The van der Waals surface area contributed by atoms with E-state index in [0.29, 0.717) is 0 Å². The molecule has 1 aliphatic carbocycles. The lowest BCUT2D eigenvalue weighted by atomic mass is 9.64. The Kier molecular flexibility index (Phi) is 1.66. The number of aromatic amines is 1. The van der Waals surface area contributed by atoms with E-state index in [2.05, 4.69) is 9.97 Å². The molecule has 0 unspecified atom stereocenters. The quantitative estimate of drug-likeness (QED) is 0.726. The molecule has 0 bridgehead atoms. The molecule has 5 heteroatoms. The van der Waals surface area contributed by atoms with E-state index < -0.39 is 11.3 Å². The first-order valence-electron chi connectivity index (χ1n) is 4.15. The van der Waals surface area contributed by atoms with Gasteiger partial charge in [0.2, 0.25) is 5.92 Å². The zero-order valence-electron chi connectivity index (χ0n) is 7.06. The van der Waals surface area contributed by atoms with Gasteiger partial charge in [0.15, 0.2) is 0 Å². The van der Waals surface area contributed by atoms with Crippen molar-refractivity contribution in [2.24, 2.45) is 5.73 Å². The average molecular weight is 187 g/mol. The number of imidazole rings is 1. The van der Waals surface area contributed by atoms with Gasteiger partial charge in [0.1, 0.15) is 0 Å². The number of hydrogen-bond acceptors (Lipinski definition) is 2. The van der Waals surface area contributed by atoms with Crippen LogP contribution in [-0.4, -0.2) is 22.4 Å². The van der Waals surface area contributed by atoms with Crippen molar-refractivity contribution < 1.29 is 8.78 Å². The molecule has 1 aromatic heterocycles. The van der Waals surface area contributed by atoms with E-state index in [0.717, 1.165) is 5.69 Å². The third kappa shape index (κ3) is 1.23. The number of aromatic nitrogens is 2. The second-order valence-electron chi connectivity index (χ2n) is 3.66. The summed E-state index contributed by atoms with van der Waals surface area (Å²) in [5.41, 5.74) is 5.65. The standard InChI is InChI=1S/C8H11F2N3/c9-8(10)2-7(3-8,4-11)6-1-12-5-13-6/h1,5H,2-4,11H2,(H,12,13). The number of nitrogens with two attached hydrogens (primary N) is 1. The highest BCUT2D eigenvalue weighted by atomic mass is 19.3. The fraction of sp³-hybridized carbons (Fsp3) is 0.625. The Morgan fingerprint density at radius 2 is 2.23 bits per heavy atom. The Balaban J connectivity index is 2.21. The predicted octanol–water partition coefficient (Wildman–Crippen LogP) is 1.04. The first-order chi connectivity index (χ1) is 6.08. The largest absolute Gasteiger partial charge is 0.348 e. The summed E-state index contributed by atoms with van der Waals surface area (Å²) >= 11 is 0. The summed E-state index contributed by atoms with van der Waals surface area (Å²) in [7, 11) is 0. The summed E-state index contributed by atoms with van der Waals surface area (Å²) in [5.74, 6) is -2.55. The van der Waals surface area contributed by atoms with E-state index in [1.54, 1.807) is 6.20 Å². The Labute approximate surface area is 74.4 Å². The number of nitrogens with zero attached hydrogens (tertiary/aromatic N) is 1. The molecular weight excluding hydrogens is 176 g/mol. The SMILES string of the molecule is NCC1(c2cnc[nH]2)CC(F)(F)C1. The van der Waals surface area contributed by atoms with Crippen molar-refractivity contribution in [3.05, 3.63) is 18.2 Å². The molecule has 0 radical (unpaired) electrons. The molecule has 0 amide bonds. The van der Waals surface area contributed by atoms with Gasteiger partial charge < -0.3 is 10.7 Å². The average Bonchev–Trinajstić information content (AvgIpc) is 2.51. The van der Waals surface area contributed by atoms with Gasteiger partial charge in [0.25, 0.3) is 0 Å². The molecule has 3 nitrogen and oxygen atoms in total. The fourth-order valence-electron chi connectivity index (χ4n) is 1.93. The van der Waals surface area contributed by atoms with Crippen LogP contribution in [-0.2, 0) is 5.41 Å². The minimum Gasteiger partial charge on any atom is -0.348 e. The number of H-pyrrole nitrogens is 1. The van der Waals surface area contributed by atoms with Crippen LogP contribution < -0.4 is 5.73 Å². The monoisotopic (exact) mass is 187 g/mol. The summed E-state index contributed by atoms with van der Waals surface area (Å²) in [6, 6.07) is 0. The molecule has 3 N–H and O–H groups in total. The van der Waals surface area contributed by atoms with E-state index in [-0.39, 0.29) is 19.4 Å². The van der Waals surface area contributed by atoms with Crippen LogP contribution in [0.5, 0.6) is 0 Å². The summed E-state index contributed by atoms with van der Waals surface area (Å²) in [5, 5.41) is 0. The predicted molar refractivity (Wildman–Crippen MR) is 43.5 cm³/mol. The molecule has 0 atom stereocenters. The van der Waals surface area contributed by atoms with Crippen molar-refractivity contribution in [1.82, 2.24) is 9.97 Å². The highest BCUT2D eigenvalue weighted by molar-refractivity contribution is 5.22. The molecule has 1 fully saturated rings. The van der Waals surface area contributed by atoms with Gasteiger partial charge in [0, 0.05) is 36.7 Å². The van der Waals surface area contributed by atoms with Crippen LogP contribution in [0.15, 0.2) is 12.5 Å². The maximum atomic E-state index is 12.7. The molecule has 0 saturated heterocycles. The van der Waals surface area contributed by atoms with Crippen molar-refractivity contribution >= 4 is 0 Å². The Bertz CT molecular complexity index is 286. The first-order valence-corrected chi connectivity index (χ1v) is 4.15. The first kappa shape index (κ1) is 8.62. The molecule has 0 aliphatic heterocycles. The number of hydrogen-bond donors (Lipinski definition) is 2. The van der Waals surface area contributed by atoms with Crippen LogP contribution in [0.1, 0.15) is 18.5 Å². The van der Waals surface area contributed by atoms with Crippen molar-refractivity contribution in [3.8, 4) is 0 Å². The van der Waals surface area contributed by atoms with Crippen molar-refractivity contribution in [2.75, 3.05) is 6.54 Å². The Morgan fingerprint density at radius 3 is 2.62 bits per heavy atom. The smallest absolute Gasteiger partial charge is 0.250 e. The molecule has 72 valence electrons. The van der Waals surface area contributed by atoms with Crippen LogP contribution in [0.3, 0.4) is 0 Å². The lowest BCUT2D eigenvalue weighted by Crippen LogP contribution is -2.53. The third-order valence-corrected chi connectivity index (χ3v) is 2.65. The van der Waals surface area contributed by atoms with Crippen LogP contribution in [0.4, 0.5) is 8.78 Å². The Morgan fingerprint density at radius 1 is 1.54 bits per heavy atom. The second-order valence-corrected chi connectivity index (χ2v) is 3.66. The lowest BCUT2D eigenvalue weighted by Gasteiger charge is -2.45. The van der Waals surface area contributed by atoms with E-state index in [1.165, 1.54) is 6.33 Å². The van der Waals surface area contributed by atoms with Gasteiger partial charge in [-0.15, -0.1) is 0 Å². The molecule has 1 heterocycles. The third-order valence-electron chi connectivity index (χ3n) is 2.65. The number of rotatable bonds is 2. The summed E-state index contributed by atoms with van der Waals surface area (Å²) in [6.45, 7) is 0.241. The zero-order chi connectivity index (χ0) is 9.53. The van der Waals surface area contributed by atoms with Gasteiger partial charge >= 0.3 is 0 Å². The van der Waals surface area contributed by atoms with Gasteiger partial charge in [-0.3, -0.25) is 0 Å². The van der Waals surface area contributed by atoms with Gasteiger partial charge in [-0.05, 0) is 0 Å².